The number of thioether (sulfide) groups is 1. The molecule has 0 aliphatic carbocycles. The molecule has 4 aromatic carbocycles. The molecule has 8 aromatic rings. The van der Waals surface area contributed by atoms with Crippen molar-refractivity contribution < 1.29 is 18.8 Å². The number of tetrazole rings is 1. The van der Waals surface area contributed by atoms with Gasteiger partial charge in [0.25, 0.3) is 0 Å². The Morgan fingerprint density at radius 1 is 0.929 bits per heavy atom. The lowest BCUT2D eigenvalue weighted by molar-refractivity contribution is -0.596. The number of rotatable bonds is 10. The van der Waals surface area contributed by atoms with Crippen LogP contribution in [0.1, 0.15) is 27.2 Å². The van der Waals surface area contributed by atoms with Gasteiger partial charge in [-0.2, -0.15) is 4.57 Å². The van der Waals surface area contributed by atoms with Gasteiger partial charge in [0.1, 0.15) is 5.69 Å². The van der Waals surface area contributed by atoms with E-state index in [1.807, 2.05) is 54.6 Å². The summed E-state index contributed by atoms with van der Waals surface area (Å²) in [7, 11) is 3.13. The summed E-state index contributed by atoms with van der Waals surface area (Å²) in [5.74, 6) is 1.48. The number of nitrogens with two attached hydrogens (primary N) is 1. The zero-order chi connectivity index (χ0) is 38.2. The van der Waals surface area contributed by atoms with Crippen molar-refractivity contribution in [3.8, 4) is 34.3 Å². The van der Waals surface area contributed by atoms with Gasteiger partial charge in [-0.25, -0.2) is 9.97 Å². The SMILES string of the molecule is COc1cc(N)c(-c2nnn(-c3ccc(CCN4CCc5c[n+](-c6ccc7nc(C(=O)Sc8nc9ccccc9s8)cnc7c6)ccc5C4)cc3)n2)cc1OC. The van der Waals surface area contributed by atoms with Crippen LogP contribution in [0.4, 0.5) is 5.69 Å². The van der Waals surface area contributed by atoms with E-state index >= 15 is 0 Å². The highest BCUT2D eigenvalue weighted by atomic mass is 32.2. The van der Waals surface area contributed by atoms with E-state index in [4.69, 9.17) is 15.2 Å². The fraction of sp³-hybridized carbons (Fsp3) is 0.171. The molecule has 1 aliphatic heterocycles. The second-order valence-corrected chi connectivity index (χ2v) is 15.6. The van der Waals surface area contributed by atoms with Crippen LogP contribution in [0.15, 0.2) is 108 Å². The number of aromatic nitrogens is 8. The van der Waals surface area contributed by atoms with E-state index in [0.29, 0.717) is 44.1 Å². The Bertz CT molecular complexity index is 2720. The summed E-state index contributed by atoms with van der Waals surface area (Å²) in [6.07, 6.45) is 7.76. The Balaban J connectivity index is 0.812. The summed E-state index contributed by atoms with van der Waals surface area (Å²) in [5.41, 5.74) is 15.7. The van der Waals surface area contributed by atoms with Crippen molar-refractivity contribution in [2.75, 3.05) is 33.0 Å². The molecule has 0 saturated heterocycles. The van der Waals surface area contributed by atoms with Crippen LogP contribution in [0.2, 0.25) is 0 Å². The van der Waals surface area contributed by atoms with Gasteiger partial charge < -0.3 is 15.2 Å². The Morgan fingerprint density at radius 2 is 1.77 bits per heavy atom. The number of hydrogen-bond acceptors (Lipinski definition) is 13. The van der Waals surface area contributed by atoms with Crippen LogP contribution in [0.5, 0.6) is 11.5 Å². The molecule has 278 valence electrons. The van der Waals surface area contributed by atoms with Gasteiger partial charge in [-0.15, -0.1) is 26.3 Å². The number of carbonyl (C=O) groups is 1. The first-order valence-electron chi connectivity index (χ1n) is 17.9. The number of anilines is 1. The maximum atomic E-state index is 13.0. The van der Waals surface area contributed by atoms with Crippen molar-refractivity contribution in [3.05, 3.63) is 126 Å². The van der Waals surface area contributed by atoms with Crippen molar-refractivity contribution in [2.24, 2.45) is 0 Å². The summed E-state index contributed by atoms with van der Waals surface area (Å²) < 4.78 is 14.6. The lowest BCUT2D eigenvalue weighted by atomic mass is 10.0. The molecule has 0 saturated carbocycles. The number of benzene rings is 4. The Hall–Kier alpha value is -6.29. The summed E-state index contributed by atoms with van der Waals surface area (Å²) in [6.45, 7) is 2.83. The number of fused-ring (bicyclic) bond motifs is 3. The molecule has 0 unspecified atom stereocenters. The van der Waals surface area contributed by atoms with Crippen LogP contribution in [0, 0.1) is 0 Å². The highest BCUT2D eigenvalue weighted by Gasteiger charge is 2.21. The highest BCUT2D eigenvalue weighted by molar-refractivity contribution is 8.15. The number of para-hydroxylation sites is 1. The minimum atomic E-state index is -0.173. The predicted octanol–water partition coefficient (Wildman–Crippen LogP) is 6.29. The first kappa shape index (κ1) is 35.4. The fourth-order valence-electron chi connectivity index (χ4n) is 6.79. The Morgan fingerprint density at radius 3 is 2.61 bits per heavy atom. The van der Waals surface area contributed by atoms with E-state index < -0.39 is 0 Å². The first-order valence-corrected chi connectivity index (χ1v) is 19.6. The van der Waals surface area contributed by atoms with Gasteiger partial charge in [-0.3, -0.25) is 14.7 Å². The summed E-state index contributed by atoms with van der Waals surface area (Å²) >= 11 is 2.59. The third-order valence-electron chi connectivity index (χ3n) is 9.82. The Labute approximate surface area is 329 Å². The molecule has 0 fully saturated rings. The number of pyridine rings is 1. The first-order chi connectivity index (χ1) is 27.4. The quantitative estimate of drug-likeness (QED) is 0.0944. The van der Waals surface area contributed by atoms with Crippen LogP contribution in [-0.2, 0) is 19.4 Å². The molecular formula is C41H35N10O3S2+. The number of thiazole rings is 1. The second kappa shape index (κ2) is 15.1. The largest absolute Gasteiger partial charge is 0.493 e. The van der Waals surface area contributed by atoms with E-state index in [9.17, 15) is 4.79 Å². The molecule has 9 rings (SSSR count). The van der Waals surface area contributed by atoms with Crippen molar-refractivity contribution >= 4 is 55.2 Å². The molecule has 0 bridgehead atoms. The fourth-order valence-corrected chi connectivity index (χ4v) is 8.65. The predicted molar refractivity (Wildman–Crippen MR) is 216 cm³/mol. The van der Waals surface area contributed by atoms with Gasteiger partial charge in [0.15, 0.2) is 28.2 Å². The second-order valence-electron chi connectivity index (χ2n) is 13.3. The standard InChI is InChI=1S/C41H35N10O3S2/c1-53-36-20-30(31(42)21-37(36)54-2)39-46-48-51(47-39)28-9-7-25(8-10-28)13-16-49-17-14-27-24-50(18-15-26(27)23-49)29-11-12-32-34(19-29)43-22-35(44-32)40(52)56-41-45-33-5-3-4-6-38(33)55-41/h3-12,15,18-22,24H,13-14,16-17,23,42H2,1-2H3/q+1. The van der Waals surface area contributed by atoms with Gasteiger partial charge in [0.2, 0.25) is 16.6 Å². The smallest absolute Gasteiger partial charge is 0.246 e. The van der Waals surface area contributed by atoms with E-state index in [1.54, 1.807) is 32.5 Å². The van der Waals surface area contributed by atoms with E-state index in [1.165, 1.54) is 32.8 Å². The summed E-state index contributed by atoms with van der Waals surface area (Å²) in [4.78, 5) is 30.8. The van der Waals surface area contributed by atoms with Gasteiger partial charge in [-0.1, -0.05) is 24.3 Å². The number of nitrogen functional groups attached to an aromatic ring is 1. The minimum absolute atomic E-state index is 0.173. The van der Waals surface area contributed by atoms with Crippen molar-refractivity contribution in [1.82, 2.24) is 40.1 Å². The van der Waals surface area contributed by atoms with Gasteiger partial charge >= 0.3 is 0 Å². The third kappa shape index (κ3) is 7.14. The van der Waals surface area contributed by atoms with E-state index in [-0.39, 0.29) is 5.12 Å². The van der Waals surface area contributed by atoms with Gasteiger partial charge in [-0.05, 0) is 77.3 Å². The molecule has 2 N–H and O–H groups in total. The molecular weight excluding hydrogens is 745 g/mol. The minimum Gasteiger partial charge on any atom is -0.493 e. The number of hydrogen-bond donors (Lipinski definition) is 1. The Kier molecular flexibility index (Phi) is 9.54. The molecule has 0 amide bonds. The van der Waals surface area contributed by atoms with Crippen LogP contribution in [0.25, 0.3) is 44.0 Å². The number of nitrogens with zero attached hydrogens (tertiary/aromatic N) is 9. The number of ether oxygens (including phenoxy) is 2. The normalized spacial score (nSPS) is 12.9. The zero-order valence-corrected chi connectivity index (χ0v) is 32.1. The van der Waals surface area contributed by atoms with Crippen LogP contribution in [-0.4, -0.2) is 72.5 Å². The number of methoxy groups -OCH3 is 2. The topological polar surface area (TPSA) is 151 Å². The van der Waals surface area contributed by atoms with Gasteiger partial charge in [0, 0.05) is 60.7 Å². The molecule has 4 aromatic heterocycles. The average molecular weight is 780 g/mol. The molecule has 1 aliphatic rings. The molecule has 0 atom stereocenters. The lowest BCUT2D eigenvalue weighted by Crippen LogP contribution is -2.36. The third-order valence-corrected chi connectivity index (χ3v) is 11.8. The van der Waals surface area contributed by atoms with Crippen molar-refractivity contribution in [2.45, 2.75) is 23.7 Å². The molecule has 0 spiro atoms. The van der Waals surface area contributed by atoms with Crippen LogP contribution < -0.4 is 19.8 Å². The molecule has 15 heteroatoms. The van der Waals surface area contributed by atoms with Gasteiger partial charge in [0.05, 0.1) is 47.4 Å². The molecule has 5 heterocycles. The monoisotopic (exact) mass is 779 g/mol. The average Bonchev–Trinajstić information content (AvgIpc) is 3.90. The van der Waals surface area contributed by atoms with Crippen molar-refractivity contribution in [1.29, 1.82) is 0 Å². The maximum Gasteiger partial charge on any atom is 0.246 e. The highest BCUT2D eigenvalue weighted by Crippen LogP contribution is 2.36. The molecule has 0 radical (unpaired) electrons. The maximum absolute atomic E-state index is 13.0. The van der Waals surface area contributed by atoms with E-state index in [2.05, 4.69) is 70.4 Å². The molecule has 56 heavy (non-hydrogen) atoms. The summed E-state index contributed by atoms with van der Waals surface area (Å²) in [5, 5.41) is 12.9. The number of carbonyl (C=O) groups excluding carboxylic acids is 1. The van der Waals surface area contributed by atoms with Crippen LogP contribution in [0.3, 0.4) is 0 Å². The zero-order valence-electron chi connectivity index (χ0n) is 30.5. The van der Waals surface area contributed by atoms with Crippen LogP contribution >= 0.6 is 23.1 Å². The van der Waals surface area contributed by atoms with E-state index in [0.717, 1.165) is 71.3 Å². The molecule has 13 nitrogen and oxygen atoms in total. The van der Waals surface area contributed by atoms with Crippen molar-refractivity contribution in [3.63, 3.8) is 0 Å². The summed E-state index contributed by atoms with van der Waals surface area (Å²) in [6, 6.07) is 27.7. The lowest BCUT2D eigenvalue weighted by Gasteiger charge is -2.27.